The van der Waals surface area contributed by atoms with Gasteiger partial charge in [0.1, 0.15) is 0 Å². The van der Waals surface area contributed by atoms with Crippen molar-refractivity contribution in [1.82, 2.24) is 0 Å². The van der Waals surface area contributed by atoms with E-state index in [1.54, 1.807) is 5.47 Å². The third-order valence-electron chi connectivity index (χ3n) is 3.41. The van der Waals surface area contributed by atoms with Crippen molar-refractivity contribution in [2.24, 2.45) is 5.92 Å². The predicted octanol–water partition coefficient (Wildman–Crippen LogP) is 2.68. The van der Waals surface area contributed by atoms with E-state index in [0.717, 1.165) is 11.7 Å². The summed E-state index contributed by atoms with van der Waals surface area (Å²) in [6, 6.07) is 0. The summed E-state index contributed by atoms with van der Waals surface area (Å²) < 4.78 is 5.50. The molecule has 0 spiro atoms. The second-order valence-corrected chi connectivity index (χ2v) is 3.97. The molecule has 2 heteroatoms. The number of hydrogen-bond acceptors (Lipinski definition) is 1. The van der Waals surface area contributed by atoms with Gasteiger partial charge in [0.05, 0.1) is 0 Å². The van der Waals surface area contributed by atoms with Crippen molar-refractivity contribution >= 4 is 6.92 Å². The van der Waals surface area contributed by atoms with E-state index >= 15 is 0 Å². The van der Waals surface area contributed by atoms with Crippen LogP contribution in [0, 0.1) is 5.92 Å². The average molecular weight is 164 g/mol. The van der Waals surface area contributed by atoms with Crippen LogP contribution in [0.15, 0.2) is 11.5 Å². The largest absolute Gasteiger partial charge is 0.433 e. The van der Waals surface area contributed by atoms with Gasteiger partial charge < -0.3 is 4.65 Å². The molecule has 2 unspecified atom stereocenters. The lowest BCUT2D eigenvalue weighted by molar-refractivity contribution is 0.373. The maximum absolute atomic E-state index is 5.50. The maximum Gasteiger partial charge on any atom is 0.325 e. The van der Waals surface area contributed by atoms with Gasteiger partial charge in [-0.25, -0.2) is 0 Å². The molecule has 2 rings (SSSR count). The van der Waals surface area contributed by atoms with Crippen LogP contribution in [0.25, 0.3) is 0 Å². The molecule has 2 atom stereocenters. The van der Waals surface area contributed by atoms with Crippen LogP contribution in [0.1, 0.15) is 32.6 Å². The molecule has 2 fully saturated rings. The molecule has 1 saturated carbocycles. The van der Waals surface area contributed by atoms with Gasteiger partial charge in [-0.05, 0) is 24.6 Å². The smallest absolute Gasteiger partial charge is 0.325 e. The summed E-state index contributed by atoms with van der Waals surface area (Å²) in [5.74, 6) is 1.77. The Labute approximate surface area is 75.3 Å². The first-order chi connectivity index (χ1) is 5.88. The van der Waals surface area contributed by atoms with Crippen LogP contribution < -0.4 is 0 Å². The molecule has 66 valence electrons. The quantitative estimate of drug-likeness (QED) is 0.570. The number of allylic oxidation sites excluding steroid dienone is 2. The highest BCUT2D eigenvalue weighted by Gasteiger charge is 2.51. The van der Waals surface area contributed by atoms with Crippen LogP contribution in [-0.4, -0.2) is 14.0 Å². The molecule has 1 aliphatic carbocycles. The SMILES string of the molecule is CCC=C1B(OC)C2CCCC12. The molecule has 1 heterocycles. The van der Waals surface area contributed by atoms with E-state index in [1.165, 1.54) is 25.7 Å². The fourth-order valence-corrected chi connectivity index (χ4v) is 2.92. The Hall–Kier alpha value is -0.235. The minimum Gasteiger partial charge on any atom is -0.433 e. The van der Waals surface area contributed by atoms with Gasteiger partial charge in [-0.2, -0.15) is 0 Å². The number of fused-ring (bicyclic) bond motifs is 1. The predicted molar refractivity (Wildman–Crippen MR) is 52.2 cm³/mol. The number of rotatable bonds is 2. The van der Waals surface area contributed by atoms with Crippen molar-refractivity contribution in [3.63, 3.8) is 0 Å². The summed E-state index contributed by atoms with van der Waals surface area (Å²) in [6.07, 6.45) is 7.76. The minimum atomic E-state index is 0.484. The van der Waals surface area contributed by atoms with Crippen LogP contribution in [-0.2, 0) is 4.65 Å². The van der Waals surface area contributed by atoms with E-state index in [2.05, 4.69) is 13.0 Å². The van der Waals surface area contributed by atoms with Gasteiger partial charge in [0, 0.05) is 7.11 Å². The zero-order valence-corrected chi connectivity index (χ0v) is 8.05. The summed E-state index contributed by atoms with van der Waals surface area (Å²) in [5, 5.41) is 0. The molecule has 0 aromatic carbocycles. The molecule has 1 saturated heterocycles. The first kappa shape index (κ1) is 8.37. The lowest BCUT2D eigenvalue weighted by Crippen LogP contribution is -2.42. The van der Waals surface area contributed by atoms with Gasteiger partial charge in [-0.3, -0.25) is 0 Å². The first-order valence-corrected chi connectivity index (χ1v) is 5.11. The van der Waals surface area contributed by atoms with Crippen LogP contribution in [0.3, 0.4) is 0 Å². The van der Waals surface area contributed by atoms with Crippen molar-refractivity contribution in [3.8, 4) is 0 Å². The van der Waals surface area contributed by atoms with Gasteiger partial charge in [0.15, 0.2) is 0 Å². The van der Waals surface area contributed by atoms with Crippen molar-refractivity contribution in [1.29, 1.82) is 0 Å². The lowest BCUT2D eigenvalue weighted by Gasteiger charge is -2.39. The lowest BCUT2D eigenvalue weighted by atomic mass is 9.33. The van der Waals surface area contributed by atoms with Crippen molar-refractivity contribution < 1.29 is 4.65 Å². The fourth-order valence-electron chi connectivity index (χ4n) is 2.92. The van der Waals surface area contributed by atoms with E-state index in [1.807, 2.05) is 7.11 Å². The molecule has 12 heavy (non-hydrogen) atoms. The third kappa shape index (κ3) is 1.05. The van der Waals surface area contributed by atoms with E-state index in [-0.39, 0.29) is 0 Å². The molecular formula is C10H17BO. The average Bonchev–Trinajstić information content (AvgIpc) is 2.46. The van der Waals surface area contributed by atoms with Gasteiger partial charge in [0.25, 0.3) is 0 Å². The van der Waals surface area contributed by atoms with Crippen molar-refractivity contribution in [2.45, 2.75) is 38.4 Å². The van der Waals surface area contributed by atoms with Gasteiger partial charge in [0.2, 0.25) is 0 Å². The monoisotopic (exact) mass is 164 g/mol. The van der Waals surface area contributed by atoms with Crippen LogP contribution in [0.4, 0.5) is 0 Å². The van der Waals surface area contributed by atoms with Crippen LogP contribution in [0.5, 0.6) is 0 Å². The Morgan fingerprint density at radius 1 is 1.58 bits per heavy atom. The molecule has 0 aromatic rings. The summed E-state index contributed by atoms with van der Waals surface area (Å²) in [4.78, 5) is 0. The molecule has 0 radical (unpaired) electrons. The second-order valence-electron chi connectivity index (χ2n) is 3.97. The van der Waals surface area contributed by atoms with Crippen molar-refractivity contribution in [3.05, 3.63) is 11.5 Å². The van der Waals surface area contributed by atoms with Crippen LogP contribution in [0.2, 0.25) is 5.82 Å². The topological polar surface area (TPSA) is 9.23 Å². The Morgan fingerprint density at radius 2 is 2.42 bits per heavy atom. The van der Waals surface area contributed by atoms with Crippen LogP contribution >= 0.6 is 0 Å². The second kappa shape index (κ2) is 3.25. The van der Waals surface area contributed by atoms with E-state index < -0.39 is 0 Å². The molecule has 0 aromatic heterocycles. The van der Waals surface area contributed by atoms with E-state index in [4.69, 9.17) is 4.65 Å². The van der Waals surface area contributed by atoms with Gasteiger partial charge in [-0.15, -0.1) is 0 Å². The molecule has 1 aliphatic heterocycles. The fraction of sp³-hybridized carbons (Fsp3) is 0.800. The highest BCUT2D eigenvalue weighted by atomic mass is 16.4. The molecule has 0 amide bonds. The Bertz CT molecular complexity index is 200. The molecular weight excluding hydrogens is 147 g/mol. The standard InChI is InChI=1S/C10H17BO/c1-3-5-9-8-6-4-7-10(8)11(9)12-2/h5,8,10H,3-4,6-7H2,1-2H3. The zero-order chi connectivity index (χ0) is 8.55. The molecule has 1 nitrogen and oxygen atoms in total. The summed E-state index contributed by atoms with van der Waals surface area (Å²) in [6.45, 7) is 2.69. The summed E-state index contributed by atoms with van der Waals surface area (Å²) in [5.41, 5.74) is 1.60. The third-order valence-corrected chi connectivity index (χ3v) is 3.41. The Balaban J connectivity index is 2.09. The van der Waals surface area contributed by atoms with E-state index in [9.17, 15) is 0 Å². The first-order valence-electron chi connectivity index (χ1n) is 5.11. The van der Waals surface area contributed by atoms with Crippen molar-refractivity contribution in [2.75, 3.05) is 7.11 Å². The van der Waals surface area contributed by atoms with Gasteiger partial charge in [-0.1, -0.05) is 31.3 Å². The minimum absolute atomic E-state index is 0.484. The Kier molecular flexibility index (Phi) is 2.27. The highest BCUT2D eigenvalue weighted by Crippen LogP contribution is 2.54. The maximum atomic E-state index is 5.50. The highest BCUT2D eigenvalue weighted by molar-refractivity contribution is 6.66. The molecule has 2 aliphatic rings. The zero-order valence-electron chi connectivity index (χ0n) is 8.05. The van der Waals surface area contributed by atoms with E-state index in [0.29, 0.717) is 6.92 Å². The number of hydrogen-bond donors (Lipinski definition) is 0. The van der Waals surface area contributed by atoms with Gasteiger partial charge >= 0.3 is 6.92 Å². The molecule has 0 bridgehead atoms. The normalized spacial score (nSPS) is 36.8. The Morgan fingerprint density at radius 3 is 3.08 bits per heavy atom. The summed E-state index contributed by atoms with van der Waals surface area (Å²) >= 11 is 0. The summed E-state index contributed by atoms with van der Waals surface area (Å²) in [7, 11) is 1.85. The molecule has 0 N–H and O–H groups in total.